The van der Waals surface area contributed by atoms with Gasteiger partial charge in [-0.05, 0) is 13.8 Å². The Balaban J connectivity index is 1.56. The molecule has 0 atom stereocenters. The number of aryl methyl sites for hydroxylation is 1. The molecular formula is C23H27N4O+. The van der Waals surface area contributed by atoms with Gasteiger partial charge in [-0.15, -0.1) is 0 Å². The fourth-order valence-electron chi connectivity index (χ4n) is 4.03. The normalized spacial score (nSPS) is 15.2. The summed E-state index contributed by atoms with van der Waals surface area (Å²) in [5.74, 6) is 0.697. The first-order chi connectivity index (χ1) is 13.6. The number of piperazine rings is 1. The minimum absolute atomic E-state index is 0.0382. The van der Waals surface area contributed by atoms with Gasteiger partial charge < -0.3 is 9.80 Å². The number of aromatic amines is 1. The Morgan fingerprint density at radius 1 is 0.929 bits per heavy atom. The molecule has 0 spiro atoms. The number of quaternary nitrogens is 1. The van der Waals surface area contributed by atoms with Gasteiger partial charge >= 0.3 is 0 Å². The zero-order chi connectivity index (χ0) is 19.5. The summed E-state index contributed by atoms with van der Waals surface area (Å²) in [5.41, 5.74) is 4.15. The maximum absolute atomic E-state index is 12.1. The molecule has 0 radical (unpaired) electrons. The predicted molar refractivity (Wildman–Crippen MR) is 112 cm³/mol. The van der Waals surface area contributed by atoms with E-state index in [1.807, 2.05) is 13.8 Å². The number of hydrogen-bond donors (Lipinski definition) is 2. The summed E-state index contributed by atoms with van der Waals surface area (Å²) in [6, 6.07) is 21.8. The number of nitrogens with zero attached hydrogens (tertiary/aromatic N) is 2. The molecule has 0 aliphatic carbocycles. The van der Waals surface area contributed by atoms with Gasteiger partial charge in [0.1, 0.15) is 6.04 Å². The maximum Gasteiger partial charge on any atom is 0.255 e. The summed E-state index contributed by atoms with van der Waals surface area (Å²) in [5, 5.41) is 0. The van der Waals surface area contributed by atoms with Gasteiger partial charge in [0, 0.05) is 22.4 Å². The van der Waals surface area contributed by atoms with Crippen molar-refractivity contribution in [2.24, 2.45) is 0 Å². The van der Waals surface area contributed by atoms with Crippen LogP contribution in [0.5, 0.6) is 0 Å². The monoisotopic (exact) mass is 375 g/mol. The van der Waals surface area contributed by atoms with E-state index in [1.54, 1.807) is 4.90 Å². The Bertz CT molecular complexity index is 937. The van der Waals surface area contributed by atoms with Crippen molar-refractivity contribution in [1.82, 2.24) is 9.97 Å². The molecule has 5 heteroatoms. The lowest BCUT2D eigenvalue weighted by Gasteiger charge is -2.37. The second kappa shape index (κ2) is 7.98. The van der Waals surface area contributed by atoms with Crippen molar-refractivity contribution in [2.75, 3.05) is 31.1 Å². The van der Waals surface area contributed by atoms with Crippen LogP contribution < -0.4 is 15.4 Å². The fraction of sp³-hybridized carbons (Fsp3) is 0.304. The average Bonchev–Trinajstić information content (AvgIpc) is 2.74. The first-order valence-corrected chi connectivity index (χ1v) is 9.90. The first kappa shape index (κ1) is 18.4. The topological polar surface area (TPSA) is 53.4 Å². The second-order valence-electron chi connectivity index (χ2n) is 7.50. The Morgan fingerprint density at radius 3 is 1.96 bits per heavy atom. The number of hydrogen-bond acceptors (Lipinski definition) is 3. The molecule has 28 heavy (non-hydrogen) atoms. The summed E-state index contributed by atoms with van der Waals surface area (Å²) < 4.78 is 0. The van der Waals surface area contributed by atoms with Gasteiger partial charge in [0.25, 0.3) is 5.56 Å². The molecule has 3 aromatic rings. The summed E-state index contributed by atoms with van der Waals surface area (Å²) in [6.45, 7) is 7.44. The van der Waals surface area contributed by atoms with Crippen LogP contribution in [-0.4, -0.2) is 36.1 Å². The fourth-order valence-corrected chi connectivity index (χ4v) is 4.03. The standard InChI is InChI=1S/C23H26N4O/c1-17-18(2)24-23(25-22(17)28)27-15-13-26(14-16-27)21(19-9-5-3-6-10-19)20-11-7-4-8-12-20/h3-12,21H,13-16H2,1-2H3,(H,24,25,28)/p+1. The van der Waals surface area contributed by atoms with Gasteiger partial charge in [-0.3, -0.25) is 9.78 Å². The Morgan fingerprint density at radius 2 is 1.46 bits per heavy atom. The Labute approximate surface area is 165 Å². The number of rotatable bonds is 4. The van der Waals surface area contributed by atoms with Crippen molar-refractivity contribution < 1.29 is 4.90 Å². The zero-order valence-corrected chi connectivity index (χ0v) is 16.5. The third-order valence-electron chi connectivity index (χ3n) is 5.76. The highest BCUT2D eigenvalue weighted by molar-refractivity contribution is 5.33. The molecule has 2 heterocycles. The molecule has 1 aromatic heterocycles. The molecule has 144 valence electrons. The molecule has 1 saturated heterocycles. The van der Waals surface area contributed by atoms with Gasteiger partial charge in [0.2, 0.25) is 5.95 Å². The molecule has 4 rings (SSSR count). The second-order valence-corrected chi connectivity index (χ2v) is 7.50. The lowest BCUT2D eigenvalue weighted by Crippen LogP contribution is -3.15. The third kappa shape index (κ3) is 3.71. The summed E-state index contributed by atoms with van der Waals surface area (Å²) >= 11 is 0. The van der Waals surface area contributed by atoms with Crippen molar-refractivity contribution in [3.05, 3.63) is 93.4 Å². The minimum Gasteiger partial charge on any atom is -0.331 e. The molecule has 1 aliphatic heterocycles. The molecule has 5 nitrogen and oxygen atoms in total. The molecule has 0 bridgehead atoms. The highest BCUT2D eigenvalue weighted by atomic mass is 16.1. The van der Waals surface area contributed by atoms with Crippen LogP contribution in [-0.2, 0) is 0 Å². The number of aromatic nitrogens is 2. The number of benzene rings is 2. The number of H-pyrrole nitrogens is 1. The summed E-state index contributed by atoms with van der Waals surface area (Å²) in [4.78, 5) is 23.4. The maximum atomic E-state index is 12.1. The van der Waals surface area contributed by atoms with Crippen LogP contribution in [0.2, 0.25) is 0 Å². The molecule has 1 fully saturated rings. The van der Waals surface area contributed by atoms with E-state index < -0.39 is 0 Å². The van der Waals surface area contributed by atoms with Crippen molar-refractivity contribution in [3.8, 4) is 0 Å². The van der Waals surface area contributed by atoms with Crippen LogP contribution in [0, 0.1) is 13.8 Å². The SMILES string of the molecule is Cc1nc(N2CC[NH+](C(c3ccccc3)c3ccccc3)CC2)[nH]c(=O)c1C. The van der Waals surface area contributed by atoms with Gasteiger partial charge in [-0.25, -0.2) is 4.98 Å². The van der Waals surface area contributed by atoms with Crippen LogP contribution in [0.3, 0.4) is 0 Å². The summed E-state index contributed by atoms with van der Waals surface area (Å²) in [7, 11) is 0. The number of anilines is 1. The van der Waals surface area contributed by atoms with Gasteiger partial charge in [0.15, 0.2) is 0 Å². The number of nitrogens with one attached hydrogen (secondary N) is 2. The Hall–Kier alpha value is -2.92. The lowest BCUT2D eigenvalue weighted by molar-refractivity contribution is -0.926. The largest absolute Gasteiger partial charge is 0.331 e. The van der Waals surface area contributed by atoms with Crippen LogP contribution in [0.15, 0.2) is 65.5 Å². The summed E-state index contributed by atoms with van der Waals surface area (Å²) in [6.07, 6.45) is 0. The van der Waals surface area contributed by atoms with Crippen LogP contribution in [0.4, 0.5) is 5.95 Å². The van der Waals surface area contributed by atoms with Crippen molar-refractivity contribution in [1.29, 1.82) is 0 Å². The lowest BCUT2D eigenvalue weighted by atomic mass is 9.96. The smallest absolute Gasteiger partial charge is 0.255 e. The van der Waals surface area contributed by atoms with E-state index in [4.69, 9.17) is 0 Å². The average molecular weight is 375 g/mol. The molecule has 0 unspecified atom stereocenters. The third-order valence-corrected chi connectivity index (χ3v) is 5.76. The van der Waals surface area contributed by atoms with Crippen molar-refractivity contribution in [2.45, 2.75) is 19.9 Å². The zero-order valence-electron chi connectivity index (χ0n) is 16.5. The van der Waals surface area contributed by atoms with Gasteiger partial charge in [-0.1, -0.05) is 60.7 Å². The van der Waals surface area contributed by atoms with E-state index in [0.717, 1.165) is 31.9 Å². The van der Waals surface area contributed by atoms with E-state index in [-0.39, 0.29) is 5.56 Å². The molecular weight excluding hydrogens is 348 g/mol. The van der Waals surface area contributed by atoms with Crippen LogP contribution in [0.1, 0.15) is 28.4 Å². The van der Waals surface area contributed by atoms with E-state index in [0.29, 0.717) is 17.6 Å². The van der Waals surface area contributed by atoms with E-state index in [2.05, 4.69) is 75.5 Å². The Kier molecular flexibility index (Phi) is 5.26. The highest BCUT2D eigenvalue weighted by Crippen LogP contribution is 2.19. The molecule has 0 saturated carbocycles. The van der Waals surface area contributed by atoms with E-state index >= 15 is 0 Å². The molecule has 2 N–H and O–H groups in total. The first-order valence-electron chi connectivity index (χ1n) is 9.90. The van der Waals surface area contributed by atoms with Crippen LogP contribution >= 0.6 is 0 Å². The minimum atomic E-state index is -0.0382. The van der Waals surface area contributed by atoms with Crippen molar-refractivity contribution in [3.63, 3.8) is 0 Å². The van der Waals surface area contributed by atoms with Gasteiger partial charge in [0.05, 0.1) is 26.2 Å². The van der Waals surface area contributed by atoms with E-state index in [1.165, 1.54) is 11.1 Å². The molecule has 2 aromatic carbocycles. The van der Waals surface area contributed by atoms with Crippen molar-refractivity contribution >= 4 is 5.95 Å². The molecule has 0 amide bonds. The van der Waals surface area contributed by atoms with Gasteiger partial charge in [-0.2, -0.15) is 0 Å². The van der Waals surface area contributed by atoms with Crippen LogP contribution in [0.25, 0.3) is 0 Å². The highest BCUT2D eigenvalue weighted by Gasteiger charge is 2.30. The van der Waals surface area contributed by atoms with E-state index in [9.17, 15) is 4.79 Å². The molecule has 1 aliphatic rings. The quantitative estimate of drug-likeness (QED) is 0.732. The predicted octanol–water partition coefficient (Wildman–Crippen LogP) is 1.88.